The average molecular weight is 489 g/mol. The second-order valence-electron chi connectivity index (χ2n) is 7.32. The maximum Gasteiger partial charge on any atom is 0.277 e. The third-order valence-electron chi connectivity index (χ3n) is 5.11. The van der Waals surface area contributed by atoms with Gasteiger partial charge in [-0.3, -0.25) is 14.9 Å². The molecule has 0 aliphatic carbocycles. The first-order valence-electron chi connectivity index (χ1n) is 10.5. The van der Waals surface area contributed by atoms with Gasteiger partial charge in [0.1, 0.15) is 5.75 Å². The number of amides is 1. The zero-order chi connectivity index (χ0) is 23.0. The van der Waals surface area contributed by atoms with Gasteiger partial charge >= 0.3 is 0 Å². The summed E-state index contributed by atoms with van der Waals surface area (Å²) >= 11 is 3.87. The Hall–Kier alpha value is -2.76. The van der Waals surface area contributed by atoms with Gasteiger partial charge in [0.2, 0.25) is 0 Å². The maximum absolute atomic E-state index is 12.2. The number of carbonyl (C=O) groups is 1. The fraction of sp³-hybridized carbons (Fsp3) is 0.364. The van der Waals surface area contributed by atoms with Gasteiger partial charge in [-0.05, 0) is 23.8 Å². The molecule has 2 aromatic rings. The van der Waals surface area contributed by atoms with Crippen molar-refractivity contribution >= 4 is 47.0 Å². The first-order chi connectivity index (χ1) is 16.1. The van der Waals surface area contributed by atoms with Crippen molar-refractivity contribution in [2.45, 2.75) is 4.58 Å². The summed E-state index contributed by atoms with van der Waals surface area (Å²) in [5.74, 6) is 2.52. The van der Waals surface area contributed by atoms with Gasteiger partial charge in [0.15, 0.2) is 6.61 Å². The first kappa shape index (κ1) is 23.4. The Bertz CT molecular complexity index is 1010. The van der Waals surface area contributed by atoms with Crippen LogP contribution in [-0.4, -0.2) is 61.5 Å². The molecule has 0 atom stereocenters. The van der Waals surface area contributed by atoms with E-state index in [-0.39, 0.29) is 12.3 Å². The molecule has 9 nitrogen and oxygen atoms in total. The number of thioether (sulfide) groups is 2. The third kappa shape index (κ3) is 6.40. The molecule has 0 aromatic heterocycles. The van der Waals surface area contributed by atoms with Crippen LogP contribution in [0.15, 0.2) is 47.6 Å². The van der Waals surface area contributed by atoms with Crippen molar-refractivity contribution in [2.75, 3.05) is 49.3 Å². The van der Waals surface area contributed by atoms with Gasteiger partial charge in [-0.15, -0.1) is 23.5 Å². The number of nitrogens with zero attached hydrogens (tertiary/aromatic N) is 3. The molecule has 2 fully saturated rings. The molecule has 0 spiro atoms. The molecule has 2 saturated heterocycles. The van der Waals surface area contributed by atoms with Gasteiger partial charge in [0.25, 0.3) is 11.6 Å². The number of nitro benzene ring substituents is 1. The summed E-state index contributed by atoms with van der Waals surface area (Å²) in [6.45, 7) is 2.34. The number of nitrogens with one attached hydrogen (secondary N) is 1. The maximum atomic E-state index is 12.2. The summed E-state index contributed by atoms with van der Waals surface area (Å²) in [7, 11) is 0. The van der Waals surface area contributed by atoms with E-state index in [1.54, 1.807) is 6.07 Å². The van der Waals surface area contributed by atoms with E-state index in [9.17, 15) is 14.9 Å². The lowest BCUT2D eigenvalue weighted by Gasteiger charge is -2.29. The Morgan fingerprint density at radius 3 is 2.64 bits per heavy atom. The van der Waals surface area contributed by atoms with E-state index in [1.807, 2.05) is 47.8 Å². The van der Waals surface area contributed by atoms with E-state index in [4.69, 9.17) is 9.47 Å². The summed E-state index contributed by atoms with van der Waals surface area (Å²) in [4.78, 5) is 24.9. The third-order valence-corrected chi connectivity index (χ3v) is 8.21. The predicted molar refractivity (Wildman–Crippen MR) is 131 cm³/mol. The van der Waals surface area contributed by atoms with Crippen LogP contribution in [-0.2, 0) is 9.53 Å². The van der Waals surface area contributed by atoms with Crippen molar-refractivity contribution in [3.63, 3.8) is 0 Å². The summed E-state index contributed by atoms with van der Waals surface area (Å²) < 4.78 is 11.4. The number of nitro groups is 1. The quantitative estimate of drug-likeness (QED) is 0.342. The van der Waals surface area contributed by atoms with Crippen LogP contribution >= 0.6 is 23.5 Å². The molecule has 174 valence electrons. The second kappa shape index (κ2) is 11.4. The van der Waals surface area contributed by atoms with Gasteiger partial charge < -0.3 is 14.4 Å². The van der Waals surface area contributed by atoms with Crippen LogP contribution in [0.4, 0.5) is 11.4 Å². The summed E-state index contributed by atoms with van der Waals surface area (Å²) in [6, 6.07) is 12.4. The van der Waals surface area contributed by atoms with Gasteiger partial charge in [-0.25, -0.2) is 5.43 Å². The van der Waals surface area contributed by atoms with Crippen LogP contribution < -0.4 is 15.1 Å². The first-order valence-corrected chi connectivity index (χ1v) is 12.6. The number of benzene rings is 2. The summed E-state index contributed by atoms with van der Waals surface area (Å²) in [5.41, 5.74) is 4.98. The Kier molecular flexibility index (Phi) is 8.08. The molecular weight excluding hydrogens is 464 g/mol. The van der Waals surface area contributed by atoms with Crippen molar-refractivity contribution in [1.29, 1.82) is 0 Å². The van der Waals surface area contributed by atoms with Crippen LogP contribution in [0.5, 0.6) is 5.75 Å². The summed E-state index contributed by atoms with van der Waals surface area (Å²) in [6.07, 6.45) is 1.42. The number of anilines is 1. The van der Waals surface area contributed by atoms with E-state index < -0.39 is 10.8 Å². The number of hydrogen-bond donors (Lipinski definition) is 1. The minimum atomic E-state index is -0.456. The number of hydrogen-bond acceptors (Lipinski definition) is 9. The molecule has 2 heterocycles. The molecule has 0 radical (unpaired) electrons. The lowest BCUT2D eigenvalue weighted by atomic mass is 10.1. The van der Waals surface area contributed by atoms with E-state index in [0.29, 0.717) is 42.2 Å². The SMILES string of the molecule is O=C(COc1ccc(C2SCCS2)cc1)N/N=C/c1cc([N+](=O)[O-])ccc1N1CCOCC1. The minimum Gasteiger partial charge on any atom is -0.484 e. The van der Waals surface area contributed by atoms with E-state index in [1.165, 1.54) is 35.4 Å². The molecule has 0 saturated carbocycles. The highest BCUT2D eigenvalue weighted by Crippen LogP contribution is 2.45. The Morgan fingerprint density at radius 2 is 1.94 bits per heavy atom. The molecule has 0 unspecified atom stereocenters. The molecule has 2 aromatic carbocycles. The van der Waals surface area contributed by atoms with Gasteiger partial charge in [0, 0.05) is 48.0 Å². The largest absolute Gasteiger partial charge is 0.484 e. The predicted octanol–water partition coefficient (Wildman–Crippen LogP) is 3.44. The number of morpholine rings is 1. The highest BCUT2D eigenvalue weighted by Gasteiger charge is 2.19. The molecule has 0 bridgehead atoms. The zero-order valence-corrected chi connectivity index (χ0v) is 19.5. The Labute approximate surface area is 200 Å². The highest BCUT2D eigenvalue weighted by molar-refractivity contribution is 8.19. The van der Waals surface area contributed by atoms with Gasteiger partial charge in [-0.1, -0.05) is 12.1 Å². The fourth-order valence-electron chi connectivity index (χ4n) is 3.48. The van der Waals surface area contributed by atoms with Crippen molar-refractivity contribution in [1.82, 2.24) is 5.43 Å². The van der Waals surface area contributed by atoms with Crippen LogP contribution in [0.25, 0.3) is 0 Å². The topological polar surface area (TPSA) is 106 Å². The minimum absolute atomic E-state index is 0.0408. The highest BCUT2D eigenvalue weighted by atomic mass is 32.2. The number of carbonyl (C=O) groups excluding carboxylic acids is 1. The van der Waals surface area contributed by atoms with Crippen molar-refractivity contribution in [3.8, 4) is 5.75 Å². The smallest absolute Gasteiger partial charge is 0.277 e. The molecule has 4 rings (SSSR count). The number of hydrazone groups is 1. The Balaban J connectivity index is 1.33. The number of rotatable bonds is 8. The van der Waals surface area contributed by atoms with Crippen LogP contribution in [0, 0.1) is 10.1 Å². The van der Waals surface area contributed by atoms with Gasteiger partial charge in [0.05, 0.1) is 28.9 Å². The second-order valence-corrected chi connectivity index (χ2v) is 10.0. The molecule has 2 aliphatic rings. The molecule has 11 heteroatoms. The standard InChI is InChI=1S/C22H24N4O5S2/c27-21(15-31-19-4-1-16(2-5-19)22-32-11-12-33-22)24-23-14-17-13-18(26(28)29)3-6-20(17)25-7-9-30-10-8-25/h1-6,13-14,22H,7-12,15H2,(H,24,27)/b23-14+. The lowest BCUT2D eigenvalue weighted by Crippen LogP contribution is -2.36. The van der Waals surface area contributed by atoms with Crippen molar-refractivity contribution in [3.05, 3.63) is 63.7 Å². The van der Waals surface area contributed by atoms with Gasteiger partial charge in [-0.2, -0.15) is 5.10 Å². The Morgan fingerprint density at radius 1 is 1.21 bits per heavy atom. The van der Waals surface area contributed by atoms with E-state index in [0.717, 1.165) is 5.69 Å². The number of non-ortho nitro benzene ring substituents is 1. The molecular formula is C22H24N4O5S2. The van der Waals surface area contributed by atoms with Crippen LogP contribution in [0.3, 0.4) is 0 Å². The normalized spacial score (nSPS) is 16.8. The molecule has 33 heavy (non-hydrogen) atoms. The van der Waals surface area contributed by atoms with Crippen molar-refractivity contribution in [2.24, 2.45) is 5.10 Å². The zero-order valence-electron chi connectivity index (χ0n) is 17.8. The summed E-state index contributed by atoms with van der Waals surface area (Å²) in [5, 5.41) is 15.2. The fourth-order valence-corrected chi connectivity index (χ4v) is 6.34. The van der Waals surface area contributed by atoms with Crippen LogP contribution in [0.1, 0.15) is 15.7 Å². The van der Waals surface area contributed by atoms with E-state index in [2.05, 4.69) is 15.4 Å². The average Bonchev–Trinajstić information content (AvgIpc) is 3.39. The number of ether oxygens (including phenoxy) is 2. The van der Waals surface area contributed by atoms with Crippen molar-refractivity contribution < 1.29 is 19.2 Å². The van der Waals surface area contributed by atoms with E-state index >= 15 is 0 Å². The van der Waals surface area contributed by atoms with Crippen LogP contribution in [0.2, 0.25) is 0 Å². The molecule has 1 amide bonds. The molecule has 1 N–H and O–H groups in total. The monoisotopic (exact) mass is 488 g/mol. The lowest BCUT2D eigenvalue weighted by molar-refractivity contribution is -0.384. The molecule has 2 aliphatic heterocycles.